The van der Waals surface area contributed by atoms with Gasteiger partial charge in [-0.2, -0.15) is 0 Å². The highest BCUT2D eigenvalue weighted by atomic mass is 35.5. The van der Waals surface area contributed by atoms with Gasteiger partial charge >= 0.3 is 0 Å². The Kier molecular flexibility index (Phi) is 6.10. The lowest BCUT2D eigenvalue weighted by molar-refractivity contribution is -0.132. The molecule has 1 fully saturated rings. The summed E-state index contributed by atoms with van der Waals surface area (Å²) in [5.74, 6) is -1.03. The molecular formula is C28H24ClNO6. The molecule has 0 aromatic heterocycles. The van der Waals surface area contributed by atoms with Gasteiger partial charge in [0.25, 0.3) is 11.7 Å². The number of hydrogen-bond acceptors (Lipinski definition) is 6. The maximum atomic E-state index is 13.5. The number of amides is 1. The molecule has 7 nitrogen and oxygen atoms in total. The molecule has 5 rings (SSSR count). The monoisotopic (exact) mass is 505 g/mol. The fourth-order valence-electron chi connectivity index (χ4n) is 4.70. The number of phenolic OH excluding ortho intramolecular Hbond substituents is 1. The Labute approximate surface area is 213 Å². The largest absolute Gasteiger partial charge is 0.507 e. The maximum absolute atomic E-state index is 13.5. The second-order valence-electron chi connectivity index (χ2n) is 8.68. The van der Waals surface area contributed by atoms with Crippen molar-refractivity contribution in [1.29, 1.82) is 0 Å². The minimum atomic E-state index is -0.980. The van der Waals surface area contributed by atoms with Gasteiger partial charge in [0, 0.05) is 22.7 Å². The summed E-state index contributed by atoms with van der Waals surface area (Å²) in [7, 11) is 0. The number of carbonyl (C=O) groups is 2. The Morgan fingerprint density at radius 1 is 1.14 bits per heavy atom. The number of anilines is 1. The first-order valence-electron chi connectivity index (χ1n) is 11.6. The number of nitrogens with zero attached hydrogens (tertiary/aromatic N) is 1. The van der Waals surface area contributed by atoms with Gasteiger partial charge in [0.2, 0.25) is 0 Å². The van der Waals surface area contributed by atoms with Crippen LogP contribution in [0.1, 0.15) is 35.2 Å². The number of aryl methyl sites for hydroxylation is 1. The molecule has 0 aliphatic carbocycles. The van der Waals surface area contributed by atoms with E-state index < -0.39 is 17.7 Å². The van der Waals surface area contributed by atoms with Gasteiger partial charge in [-0.1, -0.05) is 23.7 Å². The molecule has 2 aliphatic rings. The molecule has 3 aromatic rings. The third kappa shape index (κ3) is 3.95. The summed E-state index contributed by atoms with van der Waals surface area (Å²) in [6, 6.07) is 13.9. The molecular weight excluding hydrogens is 482 g/mol. The lowest BCUT2D eigenvalue weighted by Gasteiger charge is -2.27. The van der Waals surface area contributed by atoms with Crippen molar-refractivity contribution in [2.45, 2.75) is 26.3 Å². The number of Topliss-reactive ketones (excluding diaryl/α,β-unsaturated/α-hetero) is 1. The topological polar surface area (TPSA) is 96.3 Å². The number of benzene rings is 3. The smallest absolute Gasteiger partial charge is 0.300 e. The number of ether oxygens (including phenoxy) is 2. The molecule has 0 radical (unpaired) electrons. The van der Waals surface area contributed by atoms with Crippen LogP contribution in [0.25, 0.3) is 5.76 Å². The lowest BCUT2D eigenvalue weighted by atomic mass is 9.94. The van der Waals surface area contributed by atoms with Crippen molar-refractivity contribution in [2.75, 3.05) is 18.1 Å². The normalized spacial score (nSPS) is 18.3. The van der Waals surface area contributed by atoms with E-state index in [4.69, 9.17) is 21.1 Å². The molecule has 2 aliphatic heterocycles. The number of aromatic hydroxyl groups is 1. The average Bonchev–Trinajstić information content (AvgIpc) is 3.44. The van der Waals surface area contributed by atoms with E-state index in [9.17, 15) is 19.8 Å². The molecule has 0 bridgehead atoms. The van der Waals surface area contributed by atoms with Crippen molar-refractivity contribution in [2.24, 2.45) is 0 Å². The molecule has 36 heavy (non-hydrogen) atoms. The molecule has 1 unspecified atom stereocenters. The first-order chi connectivity index (χ1) is 17.3. The Morgan fingerprint density at radius 2 is 1.94 bits per heavy atom. The van der Waals surface area contributed by atoms with Gasteiger partial charge in [0.05, 0.1) is 24.8 Å². The van der Waals surface area contributed by atoms with Crippen LogP contribution in [0.15, 0.2) is 60.2 Å². The van der Waals surface area contributed by atoms with Gasteiger partial charge in [0.15, 0.2) is 11.5 Å². The highest BCUT2D eigenvalue weighted by molar-refractivity contribution is 6.52. The van der Waals surface area contributed by atoms with E-state index in [2.05, 4.69) is 0 Å². The Bertz CT molecular complexity index is 1430. The van der Waals surface area contributed by atoms with Crippen molar-refractivity contribution in [3.05, 3.63) is 87.4 Å². The lowest BCUT2D eigenvalue weighted by Crippen LogP contribution is -2.30. The maximum Gasteiger partial charge on any atom is 0.300 e. The number of halogens is 1. The number of rotatable bonds is 5. The second kappa shape index (κ2) is 9.24. The van der Waals surface area contributed by atoms with E-state index in [0.717, 1.165) is 16.9 Å². The molecule has 0 spiro atoms. The summed E-state index contributed by atoms with van der Waals surface area (Å²) in [5.41, 5.74) is 2.92. The van der Waals surface area contributed by atoms with Crippen molar-refractivity contribution in [3.63, 3.8) is 0 Å². The molecule has 1 saturated heterocycles. The molecule has 3 aromatic carbocycles. The predicted octanol–water partition coefficient (Wildman–Crippen LogP) is 5.31. The van der Waals surface area contributed by atoms with Crippen LogP contribution in [-0.4, -0.2) is 35.1 Å². The van der Waals surface area contributed by atoms with Crippen molar-refractivity contribution < 1.29 is 29.3 Å². The van der Waals surface area contributed by atoms with E-state index >= 15 is 0 Å². The highest BCUT2D eigenvalue weighted by Gasteiger charge is 2.47. The fraction of sp³-hybridized carbons (Fsp3) is 0.214. The zero-order valence-corrected chi connectivity index (χ0v) is 20.5. The summed E-state index contributed by atoms with van der Waals surface area (Å²) in [6.07, 6.45) is 0.686. The van der Waals surface area contributed by atoms with E-state index in [-0.39, 0.29) is 22.8 Å². The first-order valence-corrected chi connectivity index (χ1v) is 12.0. The molecule has 8 heteroatoms. The third-order valence-corrected chi connectivity index (χ3v) is 6.67. The quantitative estimate of drug-likeness (QED) is 0.277. The number of aliphatic hydroxyl groups is 1. The Hall–Kier alpha value is -3.97. The van der Waals surface area contributed by atoms with Gasteiger partial charge in [-0.3, -0.25) is 14.5 Å². The number of ketones is 1. The van der Waals surface area contributed by atoms with Gasteiger partial charge in [-0.05, 0) is 73.0 Å². The highest BCUT2D eigenvalue weighted by Crippen LogP contribution is 2.45. The first kappa shape index (κ1) is 23.8. The van der Waals surface area contributed by atoms with E-state index in [1.165, 1.54) is 11.0 Å². The molecule has 1 atom stereocenters. The van der Waals surface area contributed by atoms with Crippen LogP contribution in [0.4, 0.5) is 5.69 Å². The number of aliphatic hydroxyl groups excluding tert-OH is 1. The third-order valence-electron chi connectivity index (χ3n) is 6.44. The minimum Gasteiger partial charge on any atom is -0.507 e. The van der Waals surface area contributed by atoms with Crippen LogP contribution in [0, 0.1) is 6.92 Å². The number of phenols is 1. The van der Waals surface area contributed by atoms with Gasteiger partial charge in [-0.15, -0.1) is 0 Å². The Balaban J connectivity index is 1.74. The van der Waals surface area contributed by atoms with E-state index in [1.807, 2.05) is 6.92 Å². The van der Waals surface area contributed by atoms with Gasteiger partial charge < -0.3 is 19.7 Å². The number of fused-ring (bicyclic) bond motifs is 1. The van der Waals surface area contributed by atoms with E-state index in [1.54, 1.807) is 55.5 Å². The van der Waals surface area contributed by atoms with Crippen LogP contribution in [0.2, 0.25) is 5.02 Å². The standard InChI is InChI=1S/C28H24ClNO6/c1-3-35-23-13-17(5-8-21(23)31)25-24(26(32)18-6-9-22-16(12-18)10-11-36-22)27(33)28(34)30(25)20-14-19(29)7-4-15(20)2/h4-9,12-14,25,31-32H,3,10-11H2,1-2H3/b26-24+. The predicted molar refractivity (Wildman–Crippen MR) is 136 cm³/mol. The Morgan fingerprint density at radius 3 is 2.72 bits per heavy atom. The fourth-order valence-corrected chi connectivity index (χ4v) is 4.87. The van der Waals surface area contributed by atoms with Crippen LogP contribution < -0.4 is 14.4 Å². The SMILES string of the molecule is CCOc1cc(C2/C(=C(\O)c3ccc4c(c3)CCO4)C(=O)C(=O)N2c2cc(Cl)ccc2C)ccc1O. The molecule has 184 valence electrons. The van der Waals surface area contributed by atoms with Crippen LogP contribution in [-0.2, 0) is 16.0 Å². The van der Waals surface area contributed by atoms with Crippen molar-refractivity contribution in [1.82, 2.24) is 0 Å². The molecule has 2 N–H and O–H groups in total. The molecule has 1 amide bonds. The van der Waals surface area contributed by atoms with Crippen LogP contribution >= 0.6 is 11.6 Å². The zero-order chi connectivity index (χ0) is 25.6. The number of hydrogen-bond donors (Lipinski definition) is 2. The van der Waals surface area contributed by atoms with Gasteiger partial charge in [-0.25, -0.2) is 0 Å². The summed E-state index contributed by atoms with van der Waals surface area (Å²) in [6.45, 7) is 4.45. The number of carbonyl (C=O) groups excluding carboxylic acids is 2. The molecule has 0 saturated carbocycles. The summed E-state index contributed by atoms with van der Waals surface area (Å²) < 4.78 is 11.1. The average molecular weight is 506 g/mol. The van der Waals surface area contributed by atoms with Crippen molar-refractivity contribution in [3.8, 4) is 17.2 Å². The van der Waals surface area contributed by atoms with Crippen LogP contribution in [0.5, 0.6) is 17.2 Å². The van der Waals surface area contributed by atoms with Crippen LogP contribution in [0.3, 0.4) is 0 Å². The minimum absolute atomic E-state index is 0.0635. The summed E-state index contributed by atoms with van der Waals surface area (Å²) in [4.78, 5) is 28.2. The second-order valence-corrected chi connectivity index (χ2v) is 9.12. The van der Waals surface area contributed by atoms with Crippen molar-refractivity contribution >= 4 is 34.7 Å². The summed E-state index contributed by atoms with van der Waals surface area (Å²) >= 11 is 6.26. The van der Waals surface area contributed by atoms with Gasteiger partial charge in [0.1, 0.15) is 11.5 Å². The van der Waals surface area contributed by atoms with E-state index in [0.29, 0.717) is 41.5 Å². The zero-order valence-electron chi connectivity index (χ0n) is 19.7. The summed E-state index contributed by atoms with van der Waals surface area (Å²) in [5, 5.41) is 22.1. The molecule has 2 heterocycles.